The average Bonchev–Trinajstić information content (AvgIpc) is 3.23. The predicted octanol–water partition coefficient (Wildman–Crippen LogP) is 2.83. The number of carbonyl (C=O) groups is 1. The third-order valence-electron chi connectivity index (χ3n) is 4.20. The van der Waals surface area contributed by atoms with E-state index in [0.29, 0.717) is 6.42 Å². The molecule has 0 unspecified atom stereocenters. The third kappa shape index (κ3) is 2.99. The van der Waals surface area contributed by atoms with Crippen LogP contribution in [0.2, 0.25) is 0 Å². The summed E-state index contributed by atoms with van der Waals surface area (Å²) in [5.74, 6) is 0.220. The van der Waals surface area contributed by atoms with E-state index in [4.69, 9.17) is 0 Å². The van der Waals surface area contributed by atoms with Gasteiger partial charge in [0.1, 0.15) is 0 Å². The molecule has 1 amide bonds. The van der Waals surface area contributed by atoms with Gasteiger partial charge >= 0.3 is 0 Å². The van der Waals surface area contributed by atoms with Gasteiger partial charge in [0.15, 0.2) is 0 Å². The van der Waals surface area contributed by atoms with Gasteiger partial charge in [0.25, 0.3) is 0 Å². The van der Waals surface area contributed by atoms with E-state index >= 15 is 0 Å². The first kappa shape index (κ1) is 15.1. The first-order chi connectivity index (χ1) is 11.7. The minimum atomic E-state index is 0.220. The van der Waals surface area contributed by atoms with Crippen LogP contribution in [0.25, 0.3) is 4.96 Å². The predicted molar refractivity (Wildman–Crippen MR) is 94.0 cm³/mol. The number of aromatic nitrogens is 3. The molecule has 2 aromatic heterocycles. The van der Waals surface area contributed by atoms with Crippen molar-refractivity contribution in [2.24, 2.45) is 0 Å². The molecule has 0 saturated carbocycles. The summed E-state index contributed by atoms with van der Waals surface area (Å²) in [6, 6.07) is 8.27. The molecule has 0 saturated heterocycles. The number of benzene rings is 1. The van der Waals surface area contributed by atoms with Crippen LogP contribution in [0.15, 0.2) is 30.5 Å². The highest BCUT2D eigenvalue weighted by molar-refractivity contribution is 7.20. The lowest BCUT2D eigenvalue weighted by Gasteiger charge is -2.15. The quantitative estimate of drug-likeness (QED) is 0.725. The first-order valence-electron chi connectivity index (χ1n) is 8.10. The topological polar surface area (TPSA) is 62.5 Å². The largest absolute Gasteiger partial charge is 0.360 e. The molecule has 0 bridgehead atoms. The number of anilines is 1. The maximum atomic E-state index is 12.3. The van der Waals surface area contributed by atoms with Gasteiger partial charge in [-0.1, -0.05) is 35.6 Å². The van der Waals surface area contributed by atoms with Gasteiger partial charge in [0.2, 0.25) is 16.0 Å². The Labute approximate surface area is 144 Å². The SMILES string of the molecule is Cc1cn2nc(NCCCC(=O)N3Cc4ccccc4C3)sc2n1. The van der Waals surface area contributed by atoms with Crippen molar-refractivity contribution in [2.45, 2.75) is 32.9 Å². The Bertz CT molecular complexity index is 828. The first-order valence-corrected chi connectivity index (χ1v) is 8.92. The number of nitrogens with one attached hydrogen (secondary N) is 1. The molecular formula is C17H19N5OS. The van der Waals surface area contributed by atoms with Crippen LogP contribution >= 0.6 is 11.3 Å². The normalized spacial score (nSPS) is 13.5. The maximum absolute atomic E-state index is 12.3. The van der Waals surface area contributed by atoms with Gasteiger partial charge in [-0.05, 0) is 24.5 Å². The van der Waals surface area contributed by atoms with Gasteiger partial charge in [0, 0.05) is 26.1 Å². The molecule has 0 spiro atoms. The van der Waals surface area contributed by atoms with Gasteiger partial charge in [-0.25, -0.2) is 9.50 Å². The second-order valence-electron chi connectivity index (χ2n) is 6.07. The standard InChI is InChI=1S/C17H19N5OS/c1-12-9-22-17(19-12)24-16(20-22)18-8-4-7-15(23)21-10-13-5-2-3-6-14(13)11-21/h2-3,5-6,9H,4,7-8,10-11H2,1H3,(H,18,20). The average molecular weight is 341 g/mol. The number of carbonyl (C=O) groups excluding carboxylic acids is 1. The summed E-state index contributed by atoms with van der Waals surface area (Å²) in [5.41, 5.74) is 3.51. The fourth-order valence-electron chi connectivity index (χ4n) is 2.98. The lowest BCUT2D eigenvalue weighted by atomic mass is 10.1. The minimum absolute atomic E-state index is 0.220. The number of amides is 1. The lowest BCUT2D eigenvalue weighted by Crippen LogP contribution is -2.25. The second kappa shape index (κ2) is 6.24. The molecule has 1 aromatic carbocycles. The fourth-order valence-corrected chi connectivity index (χ4v) is 3.84. The highest BCUT2D eigenvalue weighted by Crippen LogP contribution is 2.23. The van der Waals surface area contributed by atoms with Crippen molar-refractivity contribution in [2.75, 3.05) is 11.9 Å². The highest BCUT2D eigenvalue weighted by Gasteiger charge is 2.22. The Morgan fingerprint density at radius 1 is 1.29 bits per heavy atom. The number of rotatable bonds is 5. The molecular weight excluding hydrogens is 322 g/mol. The maximum Gasteiger partial charge on any atom is 0.223 e. The third-order valence-corrected chi connectivity index (χ3v) is 5.08. The van der Waals surface area contributed by atoms with Crippen LogP contribution in [0.5, 0.6) is 0 Å². The van der Waals surface area contributed by atoms with Crippen molar-refractivity contribution in [1.82, 2.24) is 19.5 Å². The summed E-state index contributed by atoms with van der Waals surface area (Å²) in [6.45, 7) is 4.18. The van der Waals surface area contributed by atoms with E-state index in [2.05, 4.69) is 27.5 Å². The van der Waals surface area contributed by atoms with Crippen LogP contribution in [0.4, 0.5) is 5.13 Å². The Balaban J connectivity index is 1.24. The van der Waals surface area contributed by atoms with E-state index in [-0.39, 0.29) is 5.91 Å². The van der Waals surface area contributed by atoms with Gasteiger partial charge < -0.3 is 10.2 Å². The van der Waals surface area contributed by atoms with Crippen LogP contribution in [-0.2, 0) is 17.9 Å². The van der Waals surface area contributed by atoms with Crippen molar-refractivity contribution in [3.63, 3.8) is 0 Å². The summed E-state index contributed by atoms with van der Waals surface area (Å²) in [7, 11) is 0. The summed E-state index contributed by atoms with van der Waals surface area (Å²) in [5, 5.41) is 8.55. The second-order valence-corrected chi connectivity index (χ2v) is 7.02. The molecule has 0 aliphatic carbocycles. The monoisotopic (exact) mass is 341 g/mol. The fraction of sp³-hybridized carbons (Fsp3) is 0.353. The zero-order valence-electron chi connectivity index (χ0n) is 13.5. The van der Waals surface area contributed by atoms with Gasteiger partial charge in [-0.15, -0.1) is 5.10 Å². The zero-order valence-corrected chi connectivity index (χ0v) is 14.3. The number of fused-ring (bicyclic) bond motifs is 2. The van der Waals surface area contributed by atoms with Crippen LogP contribution < -0.4 is 5.32 Å². The molecule has 0 fully saturated rings. The van der Waals surface area contributed by atoms with E-state index in [9.17, 15) is 4.79 Å². The van der Waals surface area contributed by atoms with E-state index in [1.165, 1.54) is 22.5 Å². The van der Waals surface area contributed by atoms with Crippen LogP contribution in [0, 0.1) is 6.92 Å². The molecule has 1 N–H and O–H groups in total. The van der Waals surface area contributed by atoms with Crippen LogP contribution in [0.3, 0.4) is 0 Å². The number of nitrogens with zero attached hydrogens (tertiary/aromatic N) is 4. The molecule has 1 aliphatic heterocycles. The van der Waals surface area contributed by atoms with Crippen molar-refractivity contribution in [1.29, 1.82) is 0 Å². The molecule has 3 heterocycles. The molecule has 0 atom stereocenters. The van der Waals surface area contributed by atoms with Gasteiger partial charge in [-0.2, -0.15) is 0 Å². The molecule has 0 radical (unpaired) electrons. The van der Waals surface area contributed by atoms with Crippen molar-refractivity contribution < 1.29 is 4.79 Å². The van der Waals surface area contributed by atoms with Crippen LogP contribution in [-0.4, -0.2) is 31.9 Å². The Morgan fingerprint density at radius 3 is 2.75 bits per heavy atom. The number of hydrogen-bond acceptors (Lipinski definition) is 5. The highest BCUT2D eigenvalue weighted by atomic mass is 32.1. The Kier molecular flexibility index (Phi) is 3.93. The van der Waals surface area contributed by atoms with E-state index in [1.807, 2.05) is 30.2 Å². The number of aryl methyl sites for hydroxylation is 1. The smallest absolute Gasteiger partial charge is 0.223 e. The van der Waals surface area contributed by atoms with Crippen molar-refractivity contribution >= 4 is 27.3 Å². The van der Waals surface area contributed by atoms with E-state index in [0.717, 1.165) is 41.8 Å². The van der Waals surface area contributed by atoms with Crippen molar-refractivity contribution in [3.05, 3.63) is 47.3 Å². The Hall–Kier alpha value is -2.41. The van der Waals surface area contributed by atoms with E-state index < -0.39 is 0 Å². The molecule has 1 aliphatic rings. The number of imidazole rings is 1. The summed E-state index contributed by atoms with van der Waals surface area (Å²) >= 11 is 1.53. The van der Waals surface area contributed by atoms with Gasteiger partial charge in [-0.3, -0.25) is 4.79 Å². The van der Waals surface area contributed by atoms with Gasteiger partial charge in [0.05, 0.1) is 11.9 Å². The van der Waals surface area contributed by atoms with E-state index in [1.54, 1.807) is 4.52 Å². The molecule has 7 heteroatoms. The van der Waals surface area contributed by atoms with Crippen molar-refractivity contribution in [3.8, 4) is 0 Å². The molecule has 124 valence electrons. The number of hydrogen-bond donors (Lipinski definition) is 1. The Morgan fingerprint density at radius 2 is 2.04 bits per heavy atom. The molecule has 24 heavy (non-hydrogen) atoms. The lowest BCUT2D eigenvalue weighted by molar-refractivity contribution is -0.131. The molecule has 6 nitrogen and oxygen atoms in total. The summed E-state index contributed by atoms with van der Waals surface area (Å²) in [6.07, 6.45) is 3.26. The van der Waals surface area contributed by atoms with Crippen LogP contribution in [0.1, 0.15) is 29.7 Å². The minimum Gasteiger partial charge on any atom is -0.360 e. The molecule has 3 aromatic rings. The zero-order chi connectivity index (χ0) is 16.5. The summed E-state index contributed by atoms with van der Waals surface area (Å²) in [4.78, 5) is 19.5. The molecule has 4 rings (SSSR count). The summed E-state index contributed by atoms with van der Waals surface area (Å²) < 4.78 is 1.79.